The Kier molecular flexibility index (Phi) is 5.27. The van der Waals surface area contributed by atoms with E-state index in [2.05, 4.69) is 0 Å². The van der Waals surface area contributed by atoms with E-state index in [-0.39, 0.29) is 16.3 Å². The number of nitrogens with zero attached hydrogens (tertiary/aromatic N) is 1. The molecule has 2 aromatic rings. The molecule has 0 saturated heterocycles. The van der Waals surface area contributed by atoms with Crippen molar-refractivity contribution in [2.45, 2.75) is 19.4 Å². The Labute approximate surface area is 154 Å². The number of esters is 1. The lowest BCUT2D eigenvalue weighted by molar-refractivity contribution is -0.386. The third-order valence-corrected chi connectivity index (χ3v) is 4.17. The van der Waals surface area contributed by atoms with Crippen LogP contribution in [0.3, 0.4) is 0 Å². The minimum absolute atomic E-state index is 0.107. The molecule has 26 heavy (non-hydrogen) atoms. The van der Waals surface area contributed by atoms with E-state index in [0.717, 1.165) is 0 Å². The van der Waals surface area contributed by atoms with Crippen molar-refractivity contribution in [2.75, 3.05) is 13.2 Å². The number of rotatable bonds is 4. The van der Waals surface area contributed by atoms with Crippen molar-refractivity contribution in [2.24, 2.45) is 0 Å². The third kappa shape index (κ3) is 3.72. The minimum Gasteiger partial charge on any atom is -0.489 e. The van der Waals surface area contributed by atoms with Gasteiger partial charge in [0.05, 0.1) is 34.3 Å². The fourth-order valence-electron chi connectivity index (χ4n) is 2.64. The molecule has 0 N–H and O–H groups in total. The van der Waals surface area contributed by atoms with Crippen LogP contribution in [0.5, 0.6) is 11.5 Å². The highest BCUT2D eigenvalue weighted by Gasteiger charge is 2.24. The van der Waals surface area contributed by atoms with Gasteiger partial charge in [0.15, 0.2) is 11.5 Å². The van der Waals surface area contributed by atoms with E-state index < -0.39 is 17.0 Å². The predicted molar refractivity (Wildman–Crippen MR) is 94.0 cm³/mol. The molecule has 0 aliphatic carbocycles. The van der Waals surface area contributed by atoms with Crippen molar-refractivity contribution in [3.63, 3.8) is 0 Å². The molecule has 1 atom stereocenters. The number of halogens is 1. The highest BCUT2D eigenvalue weighted by atomic mass is 35.5. The van der Waals surface area contributed by atoms with Crippen LogP contribution in [0.15, 0.2) is 36.4 Å². The maximum atomic E-state index is 12.5. The maximum Gasteiger partial charge on any atom is 0.338 e. The van der Waals surface area contributed by atoms with Crippen LogP contribution < -0.4 is 9.47 Å². The van der Waals surface area contributed by atoms with Gasteiger partial charge in [-0.3, -0.25) is 10.1 Å². The summed E-state index contributed by atoms with van der Waals surface area (Å²) in [7, 11) is 0. The van der Waals surface area contributed by atoms with Crippen molar-refractivity contribution in [1.29, 1.82) is 0 Å². The molecule has 0 spiro atoms. The zero-order valence-electron chi connectivity index (χ0n) is 13.9. The van der Waals surface area contributed by atoms with Crippen LogP contribution in [0.2, 0.25) is 5.02 Å². The van der Waals surface area contributed by atoms with Crippen LogP contribution >= 0.6 is 11.6 Å². The molecule has 2 aromatic carbocycles. The second-order valence-corrected chi connectivity index (χ2v) is 6.11. The minimum atomic E-state index is -0.807. The van der Waals surface area contributed by atoms with Crippen LogP contribution in [0.25, 0.3) is 0 Å². The number of hydrogen-bond donors (Lipinski definition) is 0. The van der Waals surface area contributed by atoms with Gasteiger partial charge >= 0.3 is 5.97 Å². The normalized spacial score (nSPS) is 14.2. The second-order valence-electron chi connectivity index (χ2n) is 5.70. The third-order valence-electron chi connectivity index (χ3n) is 3.89. The number of nitro benzene ring substituents is 1. The summed E-state index contributed by atoms with van der Waals surface area (Å²) in [6, 6.07) is 9.06. The molecule has 1 aliphatic heterocycles. The van der Waals surface area contributed by atoms with E-state index in [1.165, 1.54) is 18.2 Å². The topological polar surface area (TPSA) is 87.9 Å². The van der Waals surface area contributed by atoms with Gasteiger partial charge in [0, 0.05) is 12.5 Å². The summed E-state index contributed by atoms with van der Waals surface area (Å²) >= 11 is 6.18. The van der Waals surface area contributed by atoms with Gasteiger partial charge in [-0.2, -0.15) is 0 Å². The van der Waals surface area contributed by atoms with Gasteiger partial charge in [0.2, 0.25) is 0 Å². The number of carbonyl (C=O) groups is 1. The number of hydrogen-bond acceptors (Lipinski definition) is 6. The molecule has 0 radical (unpaired) electrons. The molecule has 136 valence electrons. The quantitative estimate of drug-likeness (QED) is 0.447. The first-order chi connectivity index (χ1) is 12.5. The number of benzene rings is 2. The zero-order valence-corrected chi connectivity index (χ0v) is 14.7. The number of para-hydroxylation sites is 1. The fraction of sp³-hybridized carbons (Fsp3) is 0.278. The van der Waals surface area contributed by atoms with E-state index >= 15 is 0 Å². The average Bonchev–Trinajstić information content (AvgIpc) is 2.87. The summed E-state index contributed by atoms with van der Waals surface area (Å²) < 4.78 is 16.5. The van der Waals surface area contributed by atoms with E-state index in [4.69, 9.17) is 25.8 Å². The number of ether oxygens (including phenoxy) is 3. The van der Waals surface area contributed by atoms with Crippen LogP contribution in [0, 0.1) is 10.1 Å². The number of nitro groups is 1. The molecule has 1 heterocycles. The van der Waals surface area contributed by atoms with Gasteiger partial charge < -0.3 is 14.2 Å². The monoisotopic (exact) mass is 377 g/mol. The summed E-state index contributed by atoms with van der Waals surface area (Å²) in [6.45, 7) is 2.50. The summed E-state index contributed by atoms with van der Waals surface area (Å²) in [5.41, 5.74) is 0.389. The highest BCUT2D eigenvalue weighted by molar-refractivity contribution is 6.32. The average molecular weight is 378 g/mol. The lowest BCUT2D eigenvalue weighted by Gasteiger charge is -2.15. The summed E-state index contributed by atoms with van der Waals surface area (Å²) in [5.74, 6) is 0.112. The Morgan fingerprint density at radius 3 is 2.77 bits per heavy atom. The Morgan fingerprint density at radius 1 is 1.27 bits per heavy atom. The predicted octanol–water partition coefficient (Wildman–Crippen LogP) is 4.33. The first-order valence-electron chi connectivity index (χ1n) is 8.01. The van der Waals surface area contributed by atoms with E-state index in [9.17, 15) is 14.9 Å². The van der Waals surface area contributed by atoms with Crippen molar-refractivity contribution < 1.29 is 23.9 Å². The molecule has 1 unspecified atom stereocenters. The fourth-order valence-corrected chi connectivity index (χ4v) is 2.90. The van der Waals surface area contributed by atoms with Gasteiger partial charge in [-0.15, -0.1) is 0 Å². The first-order valence-corrected chi connectivity index (χ1v) is 8.38. The van der Waals surface area contributed by atoms with Crippen molar-refractivity contribution in [3.05, 3.63) is 62.7 Å². The van der Waals surface area contributed by atoms with Gasteiger partial charge in [-0.25, -0.2) is 4.79 Å². The largest absolute Gasteiger partial charge is 0.489 e. The number of carbonyl (C=O) groups excluding carboxylic acids is 1. The van der Waals surface area contributed by atoms with Gasteiger partial charge in [-0.05, 0) is 25.1 Å². The molecule has 3 rings (SSSR count). The molecular formula is C18H16ClNO6. The second kappa shape index (κ2) is 7.61. The maximum absolute atomic E-state index is 12.5. The first kappa shape index (κ1) is 18.0. The van der Waals surface area contributed by atoms with Crippen LogP contribution in [0.1, 0.15) is 35.4 Å². The molecule has 0 saturated carbocycles. The highest BCUT2D eigenvalue weighted by Crippen LogP contribution is 2.38. The van der Waals surface area contributed by atoms with E-state index in [0.29, 0.717) is 36.7 Å². The summed E-state index contributed by atoms with van der Waals surface area (Å²) in [6.07, 6.45) is -0.0988. The summed E-state index contributed by atoms with van der Waals surface area (Å²) in [4.78, 5) is 23.1. The Morgan fingerprint density at radius 2 is 2.00 bits per heavy atom. The lowest BCUT2D eigenvalue weighted by Crippen LogP contribution is -2.11. The zero-order chi connectivity index (χ0) is 18.7. The molecule has 1 aliphatic rings. The Balaban J connectivity index is 1.83. The van der Waals surface area contributed by atoms with Crippen LogP contribution in [0.4, 0.5) is 5.69 Å². The van der Waals surface area contributed by atoms with Gasteiger partial charge in [0.25, 0.3) is 5.69 Å². The van der Waals surface area contributed by atoms with Crippen LogP contribution in [-0.4, -0.2) is 24.1 Å². The van der Waals surface area contributed by atoms with Crippen molar-refractivity contribution >= 4 is 23.3 Å². The molecule has 0 bridgehead atoms. The van der Waals surface area contributed by atoms with Crippen molar-refractivity contribution in [1.82, 2.24) is 0 Å². The molecule has 0 aromatic heterocycles. The molecule has 0 fully saturated rings. The molecule has 7 nitrogen and oxygen atoms in total. The summed E-state index contributed by atoms with van der Waals surface area (Å²) in [5, 5.41) is 11.4. The SMILES string of the molecule is CC(OC(=O)c1cc(Cl)c2c(c1)OCCCO2)c1ccccc1[N+](=O)[O-]. The lowest BCUT2D eigenvalue weighted by atomic mass is 10.1. The smallest absolute Gasteiger partial charge is 0.338 e. The van der Waals surface area contributed by atoms with Gasteiger partial charge in [-0.1, -0.05) is 23.7 Å². The van der Waals surface area contributed by atoms with Gasteiger partial charge in [0.1, 0.15) is 6.10 Å². The number of fused-ring (bicyclic) bond motifs is 1. The molecule has 0 amide bonds. The Hall–Kier alpha value is -2.80. The van der Waals surface area contributed by atoms with Crippen LogP contribution in [-0.2, 0) is 4.74 Å². The molecular weight excluding hydrogens is 362 g/mol. The Bertz CT molecular complexity index is 854. The van der Waals surface area contributed by atoms with Crippen molar-refractivity contribution in [3.8, 4) is 11.5 Å². The van der Waals surface area contributed by atoms with E-state index in [1.54, 1.807) is 25.1 Å². The van der Waals surface area contributed by atoms with E-state index in [1.807, 2.05) is 0 Å². The standard InChI is InChI=1S/C18H16ClNO6/c1-11(13-5-2-3-6-15(13)20(22)23)26-18(21)12-9-14(19)17-16(10-12)24-7-4-8-25-17/h2-3,5-6,9-11H,4,7-8H2,1H3. The molecule has 8 heteroatoms.